The first-order valence-corrected chi connectivity index (χ1v) is 6.18. The minimum atomic E-state index is -4.93. The van der Waals surface area contributed by atoms with E-state index in [1.54, 1.807) is 22.6 Å². The largest absolute Gasteiger partial charge is 0.573 e. The van der Waals surface area contributed by atoms with Crippen LogP contribution in [-0.4, -0.2) is 23.9 Å². The summed E-state index contributed by atoms with van der Waals surface area (Å²) in [5.41, 5.74) is 4.97. The normalized spacial score (nSPS) is 11.3. The zero-order valence-corrected chi connectivity index (χ0v) is 11.9. The Morgan fingerprint density at radius 1 is 1.53 bits per heavy atom. The number of ether oxygens (including phenoxy) is 2. The predicted molar refractivity (Wildman–Crippen MR) is 67.5 cm³/mol. The van der Waals surface area contributed by atoms with Crippen molar-refractivity contribution < 1.29 is 27.4 Å². The van der Waals surface area contributed by atoms with Crippen LogP contribution in [0, 0.1) is 3.70 Å². The molecular weight excluding hydrogens is 380 g/mol. The fourth-order valence-corrected chi connectivity index (χ4v) is 1.88. The number of carbonyl (C=O) groups is 1. The minimum Gasteiger partial charge on any atom is -0.462 e. The number of esters is 1. The van der Waals surface area contributed by atoms with Crippen LogP contribution in [0.1, 0.15) is 22.8 Å². The Morgan fingerprint density at radius 2 is 2.16 bits per heavy atom. The molecule has 5 nitrogen and oxygen atoms in total. The van der Waals surface area contributed by atoms with E-state index in [1.807, 2.05) is 0 Å². The van der Waals surface area contributed by atoms with Crippen molar-refractivity contribution in [3.05, 3.63) is 21.0 Å². The Morgan fingerprint density at radius 3 is 2.63 bits per heavy atom. The molecule has 0 saturated carbocycles. The van der Waals surface area contributed by atoms with Crippen molar-refractivity contribution in [2.24, 2.45) is 5.73 Å². The lowest BCUT2D eigenvalue weighted by Gasteiger charge is -2.16. The molecule has 0 atom stereocenters. The molecule has 1 heterocycles. The molecule has 0 aliphatic heterocycles. The molecule has 0 bridgehead atoms. The van der Waals surface area contributed by atoms with Gasteiger partial charge in [-0.1, -0.05) is 0 Å². The third-order valence-electron chi connectivity index (χ3n) is 1.99. The Kier molecular flexibility index (Phi) is 5.35. The summed E-state index contributed by atoms with van der Waals surface area (Å²) in [7, 11) is 0. The number of rotatable bonds is 4. The second-order valence-electron chi connectivity index (χ2n) is 3.24. The highest BCUT2D eigenvalue weighted by atomic mass is 127. The van der Waals surface area contributed by atoms with Gasteiger partial charge in [0.25, 0.3) is 0 Å². The Hall–Kier alpha value is -1.10. The van der Waals surface area contributed by atoms with E-state index in [-0.39, 0.29) is 22.4 Å². The number of hydrogen-bond acceptors (Lipinski definition) is 5. The van der Waals surface area contributed by atoms with E-state index in [1.165, 1.54) is 6.92 Å². The molecule has 0 spiro atoms. The van der Waals surface area contributed by atoms with Gasteiger partial charge in [0.05, 0.1) is 6.61 Å². The van der Waals surface area contributed by atoms with Crippen LogP contribution in [0.4, 0.5) is 13.2 Å². The van der Waals surface area contributed by atoms with Gasteiger partial charge in [0.1, 0.15) is 9.26 Å². The summed E-state index contributed by atoms with van der Waals surface area (Å²) in [4.78, 5) is 15.4. The van der Waals surface area contributed by atoms with Gasteiger partial charge in [-0.3, -0.25) is 0 Å². The Labute approximate surface area is 120 Å². The van der Waals surface area contributed by atoms with Gasteiger partial charge in [0, 0.05) is 18.3 Å². The van der Waals surface area contributed by atoms with Gasteiger partial charge in [-0.05, 0) is 29.5 Å². The topological polar surface area (TPSA) is 74.4 Å². The second-order valence-corrected chi connectivity index (χ2v) is 4.26. The number of aromatic nitrogens is 1. The van der Waals surface area contributed by atoms with Crippen LogP contribution >= 0.6 is 22.6 Å². The van der Waals surface area contributed by atoms with Crippen LogP contribution < -0.4 is 10.5 Å². The van der Waals surface area contributed by atoms with Gasteiger partial charge in [-0.2, -0.15) is 0 Å². The number of hydrogen-bond donors (Lipinski definition) is 1. The Balaban J connectivity index is 3.34. The molecule has 2 N–H and O–H groups in total. The molecule has 9 heteroatoms. The SMILES string of the molecule is CCOC(=O)c1cnc(I)c(CN)c1OC(F)(F)F. The number of halogens is 4. The van der Waals surface area contributed by atoms with Gasteiger partial charge in [-0.15, -0.1) is 13.2 Å². The highest BCUT2D eigenvalue weighted by Crippen LogP contribution is 2.32. The molecule has 106 valence electrons. The molecule has 0 saturated heterocycles. The molecular formula is C10H10F3IN2O3. The summed E-state index contributed by atoms with van der Waals surface area (Å²) in [5, 5.41) is 0. The summed E-state index contributed by atoms with van der Waals surface area (Å²) >= 11 is 1.71. The smallest absolute Gasteiger partial charge is 0.462 e. The molecule has 0 aromatic carbocycles. The maximum atomic E-state index is 12.4. The van der Waals surface area contributed by atoms with Crippen molar-refractivity contribution >= 4 is 28.6 Å². The molecule has 0 fully saturated rings. The van der Waals surface area contributed by atoms with E-state index in [0.29, 0.717) is 0 Å². The van der Waals surface area contributed by atoms with E-state index < -0.39 is 23.6 Å². The van der Waals surface area contributed by atoms with E-state index in [4.69, 9.17) is 5.73 Å². The van der Waals surface area contributed by atoms with Crippen LogP contribution in [-0.2, 0) is 11.3 Å². The van der Waals surface area contributed by atoms with E-state index in [9.17, 15) is 18.0 Å². The molecule has 0 aliphatic carbocycles. The van der Waals surface area contributed by atoms with E-state index in [0.717, 1.165) is 6.20 Å². The van der Waals surface area contributed by atoms with E-state index >= 15 is 0 Å². The number of nitrogens with zero attached hydrogens (tertiary/aromatic N) is 1. The molecule has 0 unspecified atom stereocenters. The van der Waals surface area contributed by atoms with Gasteiger partial charge < -0.3 is 15.2 Å². The lowest BCUT2D eigenvalue weighted by atomic mass is 10.1. The second kappa shape index (κ2) is 6.37. The van der Waals surface area contributed by atoms with Crippen molar-refractivity contribution in [1.82, 2.24) is 4.98 Å². The first kappa shape index (κ1) is 16.0. The van der Waals surface area contributed by atoms with Crippen LogP contribution in [0.25, 0.3) is 0 Å². The molecule has 0 aliphatic rings. The third-order valence-corrected chi connectivity index (χ3v) is 2.92. The van der Waals surface area contributed by atoms with Gasteiger partial charge >= 0.3 is 12.3 Å². The quantitative estimate of drug-likeness (QED) is 0.485. The van der Waals surface area contributed by atoms with Crippen molar-refractivity contribution in [1.29, 1.82) is 0 Å². The van der Waals surface area contributed by atoms with Gasteiger partial charge in [0.15, 0.2) is 5.75 Å². The number of pyridine rings is 1. The maximum absolute atomic E-state index is 12.4. The summed E-state index contributed by atoms with van der Waals surface area (Å²) in [6, 6.07) is 0. The molecule has 1 rings (SSSR count). The van der Waals surface area contributed by atoms with Crippen LogP contribution in [0.5, 0.6) is 5.75 Å². The summed E-state index contributed by atoms with van der Waals surface area (Å²) < 4.78 is 45.9. The van der Waals surface area contributed by atoms with Crippen molar-refractivity contribution in [2.75, 3.05) is 6.61 Å². The lowest BCUT2D eigenvalue weighted by molar-refractivity contribution is -0.275. The number of nitrogens with two attached hydrogens (primary N) is 1. The fourth-order valence-electron chi connectivity index (χ4n) is 1.28. The zero-order valence-electron chi connectivity index (χ0n) is 9.75. The van der Waals surface area contributed by atoms with Crippen LogP contribution in [0.15, 0.2) is 6.20 Å². The van der Waals surface area contributed by atoms with Crippen molar-refractivity contribution in [2.45, 2.75) is 19.8 Å². The van der Waals surface area contributed by atoms with Crippen LogP contribution in [0.3, 0.4) is 0 Å². The van der Waals surface area contributed by atoms with Crippen LogP contribution in [0.2, 0.25) is 0 Å². The minimum absolute atomic E-state index is 0.00322. The third kappa shape index (κ3) is 4.20. The maximum Gasteiger partial charge on any atom is 0.573 e. The summed E-state index contributed by atoms with van der Waals surface area (Å²) in [6.45, 7) is 1.31. The average molecular weight is 390 g/mol. The predicted octanol–water partition coefficient (Wildman–Crippen LogP) is 2.22. The fraction of sp³-hybridized carbons (Fsp3) is 0.400. The Bertz CT molecular complexity index is 480. The summed E-state index contributed by atoms with van der Waals surface area (Å²) in [6.07, 6.45) is -3.96. The van der Waals surface area contributed by atoms with E-state index in [2.05, 4.69) is 14.5 Å². The van der Waals surface area contributed by atoms with Gasteiger partial charge in [0.2, 0.25) is 0 Å². The highest BCUT2D eigenvalue weighted by molar-refractivity contribution is 14.1. The first-order valence-electron chi connectivity index (χ1n) is 5.10. The van der Waals surface area contributed by atoms with Gasteiger partial charge in [-0.25, -0.2) is 9.78 Å². The molecule has 0 radical (unpaired) electrons. The number of alkyl halides is 3. The first-order chi connectivity index (χ1) is 8.80. The zero-order chi connectivity index (χ0) is 14.6. The molecule has 0 amide bonds. The number of carbonyl (C=O) groups excluding carboxylic acids is 1. The highest BCUT2D eigenvalue weighted by Gasteiger charge is 2.35. The molecule has 1 aromatic rings. The molecule has 19 heavy (non-hydrogen) atoms. The monoisotopic (exact) mass is 390 g/mol. The lowest BCUT2D eigenvalue weighted by Crippen LogP contribution is -2.22. The molecule has 1 aromatic heterocycles. The average Bonchev–Trinajstić information content (AvgIpc) is 2.27. The summed E-state index contributed by atoms with van der Waals surface area (Å²) in [5.74, 6) is -1.60. The van der Waals surface area contributed by atoms with Crippen molar-refractivity contribution in [3.8, 4) is 5.75 Å². The standard InChI is InChI=1S/C10H10F3IN2O3/c1-2-18-9(17)6-4-16-8(14)5(3-15)7(6)19-10(11,12)13/h4H,2-3,15H2,1H3. The van der Waals surface area contributed by atoms with Crippen molar-refractivity contribution in [3.63, 3.8) is 0 Å².